The monoisotopic (exact) mass is 378 g/mol. The van der Waals surface area contributed by atoms with E-state index in [0.29, 0.717) is 6.61 Å². The average Bonchev–Trinajstić information content (AvgIpc) is 3.46. The average molecular weight is 378 g/mol. The van der Waals surface area contributed by atoms with Gasteiger partial charge in [-0.1, -0.05) is 26.2 Å². The van der Waals surface area contributed by atoms with Crippen LogP contribution in [0, 0.1) is 16.7 Å². The molecule has 146 valence electrons. The summed E-state index contributed by atoms with van der Waals surface area (Å²) in [4.78, 5) is 11.8. The maximum Gasteiger partial charge on any atom is 0.146 e. The molecule has 3 aromatic heterocycles. The van der Waals surface area contributed by atoms with Crippen LogP contribution in [0.15, 0.2) is 31.0 Å². The first-order chi connectivity index (χ1) is 13.8. The third-order valence-corrected chi connectivity index (χ3v) is 5.83. The fourth-order valence-corrected chi connectivity index (χ4v) is 4.28. The van der Waals surface area contributed by atoms with E-state index < -0.39 is 0 Å². The Labute approximate surface area is 164 Å². The molecule has 0 bridgehead atoms. The highest BCUT2D eigenvalue weighted by atomic mass is 16.5. The van der Waals surface area contributed by atoms with Crippen LogP contribution in [0.2, 0.25) is 0 Å². The molecule has 3 heterocycles. The summed E-state index contributed by atoms with van der Waals surface area (Å²) in [6, 6.07) is 4.14. The fourth-order valence-electron chi connectivity index (χ4n) is 4.28. The molecule has 3 aromatic rings. The summed E-state index contributed by atoms with van der Waals surface area (Å²) in [5.74, 6) is 0. The molecule has 1 saturated carbocycles. The van der Waals surface area contributed by atoms with Crippen molar-refractivity contribution >= 4 is 11.0 Å². The zero-order chi connectivity index (χ0) is 19.4. The number of nitrogens with one attached hydrogen (secondary N) is 1. The first kappa shape index (κ1) is 18.6. The van der Waals surface area contributed by atoms with Gasteiger partial charge in [-0.05, 0) is 25.3 Å². The number of H-pyrrole nitrogens is 1. The van der Waals surface area contributed by atoms with Gasteiger partial charge in [-0.2, -0.15) is 10.4 Å². The molecule has 7 heteroatoms. The third-order valence-electron chi connectivity index (χ3n) is 5.83. The van der Waals surface area contributed by atoms with Crippen LogP contribution in [0.1, 0.15) is 51.5 Å². The standard InChI is InChI=1S/C21H26N6O/c1-2-3-10-28-14-21(7-4-5-8-21)18(11-22)27-13-16(12-26-27)19-17-6-9-23-20(17)25-15-24-19/h6,9,12-13,15,18H,2-5,7-8,10,14H2,1H3,(H,23,24,25). The molecular formula is C21H26N6O. The number of aromatic nitrogens is 5. The molecule has 0 saturated heterocycles. The molecule has 7 nitrogen and oxygen atoms in total. The van der Waals surface area contributed by atoms with E-state index >= 15 is 0 Å². The molecule has 0 radical (unpaired) electrons. The van der Waals surface area contributed by atoms with Gasteiger partial charge in [-0.15, -0.1) is 0 Å². The van der Waals surface area contributed by atoms with E-state index in [9.17, 15) is 5.26 Å². The lowest BCUT2D eigenvalue weighted by Gasteiger charge is -2.33. The van der Waals surface area contributed by atoms with Crippen LogP contribution in [0.4, 0.5) is 0 Å². The van der Waals surface area contributed by atoms with Crippen LogP contribution < -0.4 is 0 Å². The molecule has 1 N–H and O–H groups in total. The normalized spacial score (nSPS) is 17.0. The highest BCUT2D eigenvalue weighted by molar-refractivity contribution is 5.89. The molecule has 0 aliphatic heterocycles. The second-order valence-electron chi connectivity index (χ2n) is 7.68. The largest absolute Gasteiger partial charge is 0.381 e. The van der Waals surface area contributed by atoms with E-state index in [-0.39, 0.29) is 11.5 Å². The number of aromatic amines is 1. The zero-order valence-corrected chi connectivity index (χ0v) is 16.3. The third kappa shape index (κ3) is 3.40. The minimum Gasteiger partial charge on any atom is -0.381 e. The molecule has 1 aliphatic rings. The molecule has 1 atom stereocenters. The molecule has 4 rings (SSSR count). The molecule has 28 heavy (non-hydrogen) atoms. The lowest BCUT2D eigenvalue weighted by atomic mass is 9.80. The number of unbranched alkanes of at least 4 members (excludes halogenated alkanes) is 1. The van der Waals surface area contributed by atoms with Crippen LogP contribution in [0.25, 0.3) is 22.3 Å². The van der Waals surface area contributed by atoms with Crippen LogP contribution in [0.5, 0.6) is 0 Å². The minimum atomic E-state index is -0.339. The van der Waals surface area contributed by atoms with Gasteiger partial charge in [-0.3, -0.25) is 4.68 Å². The van der Waals surface area contributed by atoms with Crippen molar-refractivity contribution in [3.63, 3.8) is 0 Å². The Morgan fingerprint density at radius 1 is 1.36 bits per heavy atom. The van der Waals surface area contributed by atoms with Crippen molar-refractivity contribution in [1.29, 1.82) is 5.26 Å². The van der Waals surface area contributed by atoms with E-state index in [1.54, 1.807) is 12.5 Å². The molecule has 1 unspecified atom stereocenters. The highest BCUT2D eigenvalue weighted by Gasteiger charge is 2.43. The van der Waals surface area contributed by atoms with Crippen LogP contribution in [-0.4, -0.2) is 37.9 Å². The van der Waals surface area contributed by atoms with Crippen LogP contribution >= 0.6 is 0 Å². The topological polar surface area (TPSA) is 92.4 Å². The van der Waals surface area contributed by atoms with Gasteiger partial charge >= 0.3 is 0 Å². The van der Waals surface area contributed by atoms with Gasteiger partial charge in [0.25, 0.3) is 0 Å². The van der Waals surface area contributed by atoms with E-state index in [1.165, 1.54) is 0 Å². The van der Waals surface area contributed by atoms with Crippen molar-refractivity contribution in [2.45, 2.75) is 51.5 Å². The molecule has 0 amide bonds. The number of nitrogens with zero attached hydrogens (tertiary/aromatic N) is 5. The smallest absolute Gasteiger partial charge is 0.146 e. The van der Waals surface area contributed by atoms with Crippen molar-refractivity contribution in [2.24, 2.45) is 5.41 Å². The van der Waals surface area contributed by atoms with Gasteiger partial charge in [0.1, 0.15) is 18.0 Å². The van der Waals surface area contributed by atoms with Gasteiger partial charge in [0.05, 0.1) is 24.6 Å². The molecular weight excluding hydrogens is 352 g/mol. The first-order valence-electron chi connectivity index (χ1n) is 10.1. The Morgan fingerprint density at radius 2 is 2.21 bits per heavy atom. The second-order valence-corrected chi connectivity index (χ2v) is 7.68. The van der Waals surface area contributed by atoms with Crippen molar-refractivity contribution < 1.29 is 4.74 Å². The summed E-state index contributed by atoms with van der Waals surface area (Å²) >= 11 is 0. The number of rotatable bonds is 8. The SMILES string of the molecule is CCCCOCC1(C(C#N)n2cc(-c3ncnc4[nH]ccc34)cn2)CCCC1. The van der Waals surface area contributed by atoms with E-state index in [1.807, 2.05) is 23.1 Å². The molecule has 0 spiro atoms. The van der Waals surface area contributed by atoms with E-state index in [4.69, 9.17) is 4.74 Å². The maximum atomic E-state index is 10.0. The van der Waals surface area contributed by atoms with Gasteiger partial charge in [0.2, 0.25) is 0 Å². The van der Waals surface area contributed by atoms with Crippen LogP contribution in [0.3, 0.4) is 0 Å². The summed E-state index contributed by atoms with van der Waals surface area (Å²) in [6.45, 7) is 3.54. The Bertz CT molecular complexity index is 963. The summed E-state index contributed by atoms with van der Waals surface area (Å²) in [6.07, 6.45) is 13.6. The van der Waals surface area contributed by atoms with Gasteiger partial charge in [-0.25, -0.2) is 9.97 Å². The molecule has 0 aromatic carbocycles. The van der Waals surface area contributed by atoms with Crippen LogP contribution in [-0.2, 0) is 4.74 Å². The first-order valence-corrected chi connectivity index (χ1v) is 10.1. The quantitative estimate of drug-likeness (QED) is 0.591. The number of nitriles is 1. The number of ether oxygens (including phenoxy) is 1. The van der Waals surface area contributed by atoms with Crippen molar-refractivity contribution in [1.82, 2.24) is 24.7 Å². The summed E-state index contributed by atoms with van der Waals surface area (Å²) in [5.41, 5.74) is 2.35. The Hall–Kier alpha value is -2.72. The lowest BCUT2D eigenvalue weighted by molar-refractivity contribution is 0.0226. The Morgan fingerprint density at radius 3 is 3.00 bits per heavy atom. The number of hydrogen-bond donors (Lipinski definition) is 1. The summed E-state index contributed by atoms with van der Waals surface area (Å²) < 4.78 is 7.80. The van der Waals surface area contributed by atoms with Gasteiger partial charge < -0.3 is 9.72 Å². The van der Waals surface area contributed by atoms with Crippen molar-refractivity contribution in [3.8, 4) is 17.3 Å². The van der Waals surface area contributed by atoms with Gasteiger partial charge in [0.15, 0.2) is 0 Å². The Kier molecular flexibility index (Phi) is 5.40. The lowest BCUT2D eigenvalue weighted by Crippen LogP contribution is -2.34. The highest BCUT2D eigenvalue weighted by Crippen LogP contribution is 2.47. The minimum absolute atomic E-state index is 0.166. The fraction of sp³-hybridized carbons (Fsp3) is 0.524. The predicted molar refractivity (Wildman–Crippen MR) is 106 cm³/mol. The van der Waals surface area contributed by atoms with E-state index in [2.05, 4.69) is 33.0 Å². The summed E-state index contributed by atoms with van der Waals surface area (Å²) in [5, 5.41) is 15.5. The number of hydrogen-bond acceptors (Lipinski definition) is 5. The predicted octanol–water partition coefficient (Wildman–Crippen LogP) is 4.26. The second kappa shape index (κ2) is 8.11. The molecule has 1 fully saturated rings. The summed E-state index contributed by atoms with van der Waals surface area (Å²) in [7, 11) is 0. The Balaban J connectivity index is 1.62. The van der Waals surface area contributed by atoms with Crippen molar-refractivity contribution in [2.75, 3.05) is 13.2 Å². The number of fused-ring (bicyclic) bond motifs is 1. The molecule has 1 aliphatic carbocycles. The maximum absolute atomic E-state index is 10.0. The zero-order valence-electron chi connectivity index (χ0n) is 16.3. The van der Waals surface area contributed by atoms with E-state index in [0.717, 1.165) is 67.4 Å². The van der Waals surface area contributed by atoms with Gasteiger partial charge in [0, 0.05) is 35.4 Å². The van der Waals surface area contributed by atoms with Crippen molar-refractivity contribution in [3.05, 3.63) is 31.0 Å².